The molecule has 0 radical (unpaired) electrons. The first-order valence-corrected chi connectivity index (χ1v) is 5.44. The average molecular weight is 207 g/mol. The molecule has 1 atom stereocenters. The Labute approximate surface area is 90.0 Å². The zero-order valence-electron chi connectivity index (χ0n) is 9.06. The van der Waals surface area contributed by atoms with Crippen LogP contribution in [0.3, 0.4) is 0 Å². The zero-order valence-corrected chi connectivity index (χ0v) is 9.06. The highest BCUT2D eigenvalue weighted by Gasteiger charge is 2.20. The Bertz CT molecular complexity index is 312. The molecule has 1 saturated heterocycles. The quantitative estimate of drug-likeness (QED) is 0.785. The summed E-state index contributed by atoms with van der Waals surface area (Å²) >= 11 is 0. The lowest BCUT2D eigenvalue weighted by Gasteiger charge is -2.31. The van der Waals surface area contributed by atoms with Crippen molar-refractivity contribution in [2.45, 2.75) is 19.8 Å². The molecule has 0 amide bonds. The van der Waals surface area contributed by atoms with E-state index >= 15 is 0 Å². The summed E-state index contributed by atoms with van der Waals surface area (Å²) in [6, 6.07) is 0. The van der Waals surface area contributed by atoms with Gasteiger partial charge in [-0.15, -0.1) is 0 Å². The normalized spacial score (nSPS) is 21.7. The lowest BCUT2D eigenvalue weighted by atomic mass is 9.99. The van der Waals surface area contributed by atoms with Gasteiger partial charge in [-0.2, -0.15) is 0 Å². The second-order valence-electron chi connectivity index (χ2n) is 4.20. The van der Waals surface area contributed by atoms with Gasteiger partial charge in [0.15, 0.2) is 0 Å². The number of piperidine rings is 1. The number of aliphatic hydroxyl groups excluding tert-OH is 1. The summed E-state index contributed by atoms with van der Waals surface area (Å²) in [5.41, 5.74) is 1.08. The van der Waals surface area contributed by atoms with Gasteiger partial charge in [-0.05, 0) is 31.2 Å². The first-order chi connectivity index (χ1) is 7.29. The number of rotatable bonds is 2. The fraction of sp³-hybridized carbons (Fsp3) is 0.636. The molecule has 2 rings (SSSR count). The number of hydrogen-bond acceptors (Lipinski definition) is 4. The maximum absolute atomic E-state index is 9.13. The minimum atomic E-state index is 0.266. The second-order valence-corrected chi connectivity index (χ2v) is 4.20. The Morgan fingerprint density at radius 2 is 2.20 bits per heavy atom. The Balaban J connectivity index is 2.06. The van der Waals surface area contributed by atoms with Crippen LogP contribution in [0.4, 0.5) is 5.95 Å². The molecule has 1 N–H and O–H groups in total. The molecule has 2 heterocycles. The van der Waals surface area contributed by atoms with Gasteiger partial charge in [0.2, 0.25) is 5.95 Å². The summed E-state index contributed by atoms with van der Waals surface area (Å²) in [6.45, 7) is 4.12. The van der Waals surface area contributed by atoms with Gasteiger partial charge >= 0.3 is 0 Å². The zero-order chi connectivity index (χ0) is 10.7. The van der Waals surface area contributed by atoms with Gasteiger partial charge in [0.1, 0.15) is 0 Å². The van der Waals surface area contributed by atoms with E-state index in [2.05, 4.69) is 14.9 Å². The third-order valence-electron chi connectivity index (χ3n) is 2.83. The van der Waals surface area contributed by atoms with Gasteiger partial charge < -0.3 is 10.0 Å². The highest BCUT2D eigenvalue weighted by atomic mass is 16.3. The van der Waals surface area contributed by atoms with Crippen molar-refractivity contribution < 1.29 is 5.11 Å². The van der Waals surface area contributed by atoms with Crippen LogP contribution in [-0.2, 0) is 0 Å². The van der Waals surface area contributed by atoms with Crippen molar-refractivity contribution in [2.24, 2.45) is 5.92 Å². The molecule has 1 aromatic rings. The summed E-state index contributed by atoms with van der Waals surface area (Å²) in [6.07, 6.45) is 5.90. The summed E-state index contributed by atoms with van der Waals surface area (Å²) in [5.74, 6) is 1.17. The van der Waals surface area contributed by atoms with Gasteiger partial charge in [-0.1, -0.05) is 0 Å². The molecule has 0 aromatic carbocycles. The second kappa shape index (κ2) is 4.57. The van der Waals surface area contributed by atoms with Crippen LogP contribution in [0.1, 0.15) is 18.4 Å². The molecule has 0 spiro atoms. The maximum Gasteiger partial charge on any atom is 0.225 e. The fourth-order valence-electron chi connectivity index (χ4n) is 1.94. The SMILES string of the molecule is Cc1cnc(N2CCCC(CO)C2)nc1. The minimum absolute atomic E-state index is 0.266. The van der Waals surface area contributed by atoms with E-state index in [0.717, 1.165) is 37.4 Å². The van der Waals surface area contributed by atoms with E-state index in [4.69, 9.17) is 5.11 Å². The third kappa shape index (κ3) is 2.45. The first kappa shape index (κ1) is 10.4. The van der Waals surface area contributed by atoms with Crippen molar-refractivity contribution in [3.63, 3.8) is 0 Å². The largest absolute Gasteiger partial charge is 0.396 e. The number of hydrogen-bond donors (Lipinski definition) is 1. The maximum atomic E-state index is 9.13. The van der Waals surface area contributed by atoms with Crippen molar-refractivity contribution in [3.8, 4) is 0 Å². The molecule has 0 bridgehead atoms. The van der Waals surface area contributed by atoms with Crippen LogP contribution in [-0.4, -0.2) is 34.8 Å². The van der Waals surface area contributed by atoms with E-state index in [1.807, 2.05) is 19.3 Å². The molecule has 4 heteroatoms. The number of nitrogens with zero attached hydrogens (tertiary/aromatic N) is 3. The molecule has 0 aliphatic carbocycles. The molecule has 0 saturated carbocycles. The van der Waals surface area contributed by atoms with Crippen molar-refractivity contribution in [3.05, 3.63) is 18.0 Å². The van der Waals surface area contributed by atoms with Crippen molar-refractivity contribution in [1.29, 1.82) is 0 Å². The molecule has 1 aromatic heterocycles. The fourth-order valence-corrected chi connectivity index (χ4v) is 1.94. The van der Waals surface area contributed by atoms with Crippen LogP contribution in [0.25, 0.3) is 0 Å². The number of aryl methyl sites for hydroxylation is 1. The van der Waals surface area contributed by atoms with Crippen LogP contribution in [0.2, 0.25) is 0 Å². The van der Waals surface area contributed by atoms with E-state index < -0.39 is 0 Å². The van der Waals surface area contributed by atoms with Gasteiger partial charge in [0.05, 0.1) is 0 Å². The molecule has 1 aliphatic heterocycles. The lowest BCUT2D eigenvalue weighted by Crippen LogP contribution is -2.37. The lowest BCUT2D eigenvalue weighted by molar-refractivity contribution is 0.208. The smallest absolute Gasteiger partial charge is 0.225 e. The minimum Gasteiger partial charge on any atom is -0.396 e. The van der Waals surface area contributed by atoms with E-state index in [1.54, 1.807) is 0 Å². The molecular formula is C11H17N3O. The first-order valence-electron chi connectivity index (χ1n) is 5.44. The molecule has 1 unspecified atom stereocenters. The van der Waals surface area contributed by atoms with Gasteiger partial charge in [0, 0.05) is 32.1 Å². The molecular weight excluding hydrogens is 190 g/mol. The van der Waals surface area contributed by atoms with E-state index in [9.17, 15) is 0 Å². The standard InChI is InChI=1S/C11H17N3O/c1-9-5-12-11(13-6-9)14-4-2-3-10(7-14)8-15/h5-6,10,15H,2-4,7-8H2,1H3. The van der Waals surface area contributed by atoms with Crippen LogP contribution >= 0.6 is 0 Å². The summed E-state index contributed by atoms with van der Waals surface area (Å²) in [4.78, 5) is 10.8. The highest BCUT2D eigenvalue weighted by molar-refractivity contribution is 5.30. The Hall–Kier alpha value is -1.16. The average Bonchev–Trinajstić information content (AvgIpc) is 2.30. The predicted molar refractivity (Wildman–Crippen MR) is 58.8 cm³/mol. The number of aromatic nitrogens is 2. The van der Waals surface area contributed by atoms with Crippen LogP contribution in [0.5, 0.6) is 0 Å². The number of aliphatic hydroxyl groups is 1. The summed E-state index contributed by atoms with van der Waals surface area (Å²) in [5, 5.41) is 9.13. The number of anilines is 1. The van der Waals surface area contributed by atoms with E-state index in [-0.39, 0.29) is 6.61 Å². The Kier molecular flexibility index (Phi) is 3.16. The molecule has 15 heavy (non-hydrogen) atoms. The van der Waals surface area contributed by atoms with Crippen LogP contribution in [0.15, 0.2) is 12.4 Å². The van der Waals surface area contributed by atoms with E-state index in [0.29, 0.717) is 5.92 Å². The topological polar surface area (TPSA) is 49.2 Å². The molecule has 1 fully saturated rings. The monoisotopic (exact) mass is 207 g/mol. The van der Waals surface area contributed by atoms with Crippen LogP contribution < -0.4 is 4.90 Å². The van der Waals surface area contributed by atoms with Crippen molar-refractivity contribution in [1.82, 2.24) is 9.97 Å². The summed E-state index contributed by atoms with van der Waals surface area (Å²) in [7, 11) is 0. The molecule has 82 valence electrons. The third-order valence-corrected chi connectivity index (χ3v) is 2.83. The van der Waals surface area contributed by atoms with Crippen molar-refractivity contribution >= 4 is 5.95 Å². The van der Waals surface area contributed by atoms with Crippen molar-refractivity contribution in [2.75, 3.05) is 24.6 Å². The van der Waals surface area contributed by atoms with Gasteiger partial charge in [0.25, 0.3) is 0 Å². The van der Waals surface area contributed by atoms with Gasteiger partial charge in [-0.25, -0.2) is 9.97 Å². The Morgan fingerprint density at radius 3 is 2.87 bits per heavy atom. The Morgan fingerprint density at radius 1 is 1.47 bits per heavy atom. The van der Waals surface area contributed by atoms with Crippen LogP contribution in [0, 0.1) is 12.8 Å². The highest BCUT2D eigenvalue weighted by Crippen LogP contribution is 2.19. The van der Waals surface area contributed by atoms with Gasteiger partial charge in [-0.3, -0.25) is 0 Å². The summed E-state index contributed by atoms with van der Waals surface area (Å²) < 4.78 is 0. The van der Waals surface area contributed by atoms with E-state index in [1.165, 1.54) is 0 Å². The predicted octanol–water partition coefficient (Wildman–Crippen LogP) is 0.994. The molecule has 1 aliphatic rings. The molecule has 4 nitrogen and oxygen atoms in total.